The zero-order valence-electron chi connectivity index (χ0n) is 9.22. The third-order valence-corrected chi connectivity index (χ3v) is 3.18. The van der Waals surface area contributed by atoms with Crippen molar-refractivity contribution in [3.05, 3.63) is 22.3 Å². The van der Waals surface area contributed by atoms with E-state index in [1.807, 2.05) is 0 Å². The second-order valence-electron chi connectivity index (χ2n) is 3.23. The number of nitrogens with zero attached hydrogens (tertiary/aromatic N) is 1. The molecule has 1 N–H and O–H groups in total. The molecule has 98 valence electrons. The van der Waals surface area contributed by atoms with Crippen molar-refractivity contribution in [1.82, 2.24) is 4.98 Å². The fourth-order valence-corrected chi connectivity index (χ4v) is 2.01. The fourth-order valence-electron chi connectivity index (χ4n) is 1.17. The van der Waals surface area contributed by atoms with Gasteiger partial charge >= 0.3 is 6.18 Å². The van der Waals surface area contributed by atoms with E-state index in [4.69, 9.17) is 6.42 Å². The number of rotatable bonds is 5. The van der Waals surface area contributed by atoms with E-state index < -0.39 is 11.7 Å². The number of nitrogens with one attached hydrogen (secondary N) is 1. The highest BCUT2D eigenvalue weighted by Gasteiger charge is 2.34. The first kappa shape index (κ1) is 15.2. The molecule has 0 fully saturated rings. The Bertz CT molecular complexity index is 443. The van der Waals surface area contributed by atoms with Gasteiger partial charge in [-0.1, -0.05) is 5.92 Å². The number of alkyl halides is 3. The Morgan fingerprint density at radius 3 is 2.83 bits per heavy atom. The van der Waals surface area contributed by atoms with Gasteiger partial charge in [0.05, 0.1) is 11.3 Å². The molecule has 0 unspecified atom stereocenters. The first-order chi connectivity index (χ1) is 8.45. The van der Waals surface area contributed by atoms with Gasteiger partial charge in [0, 0.05) is 23.0 Å². The van der Waals surface area contributed by atoms with Crippen molar-refractivity contribution in [2.75, 3.05) is 23.4 Å². The maximum absolute atomic E-state index is 12.7. The summed E-state index contributed by atoms with van der Waals surface area (Å²) in [6.07, 6.45) is 1.96. The minimum atomic E-state index is -4.43. The summed E-state index contributed by atoms with van der Waals surface area (Å²) in [6, 6.07) is 1.00. The van der Waals surface area contributed by atoms with E-state index in [0.717, 1.165) is 6.07 Å². The Balaban J connectivity index is 2.68. The third kappa shape index (κ3) is 4.78. The zero-order chi connectivity index (χ0) is 13.6. The van der Waals surface area contributed by atoms with Crippen LogP contribution in [0.2, 0.25) is 0 Å². The van der Waals surface area contributed by atoms with Crippen LogP contribution in [0.3, 0.4) is 0 Å². The molecule has 0 bridgehead atoms. The van der Waals surface area contributed by atoms with Crippen LogP contribution in [-0.2, 0) is 6.18 Å². The molecule has 7 heteroatoms. The van der Waals surface area contributed by atoms with E-state index in [1.54, 1.807) is 0 Å². The van der Waals surface area contributed by atoms with Crippen molar-refractivity contribution < 1.29 is 13.2 Å². The molecule has 0 radical (unpaired) electrons. The number of thioether (sulfide) groups is 1. The van der Waals surface area contributed by atoms with Gasteiger partial charge in [0.15, 0.2) is 0 Å². The fraction of sp³-hybridized carbons (Fsp3) is 0.364. The van der Waals surface area contributed by atoms with Crippen LogP contribution in [0.1, 0.15) is 5.56 Å². The number of terminal acetylenes is 1. The summed E-state index contributed by atoms with van der Waals surface area (Å²) in [5, 5.41) is 2.66. The maximum atomic E-state index is 12.7. The summed E-state index contributed by atoms with van der Waals surface area (Å²) in [5.41, 5.74) is -0.779. The highest BCUT2D eigenvalue weighted by atomic mass is 79.9. The normalized spacial score (nSPS) is 11.1. The molecule has 1 aromatic heterocycles. The molecule has 0 aliphatic heterocycles. The first-order valence-electron chi connectivity index (χ1n) is 4.93. The quantitative estimate of drug-likeness (QED) is 0.655. The molecule has 1 rings (SSSR count). The topological polar surface area (TPSA) is 24.9 Å². The average molecular weight is 339 g/mol. The Kier molecular flexibility index (Phi) is 5.82. The third-order valence-electron chi connectivity index (χ3n) is 1.88. The summed E-state index contributed by atoms with van der Waals surface area (Å²) in [5.74, 6) is 3.45. The molecule has 0 aliphatic rings. The largest absolute Gasteiger partial charge is 0.419 e. The van der Waals surface area contributed by atoms with Gasteiger partial charge in [-0.25, -0.2) is 4.98 Å². The Morgan fingerprint density at radius 2 is 2.22 bits per heavy atom. The molecular formula is C11H10BrF3N2S. The Labute approximate surface area is 116 Å². The van der Waals surface area contributed by atoms with E-state index in [2.05, 4.69) is 32.2 Å². The summed E-state index contributed by atoms with van der Waals surface area (Å²) in [6.45, 7) is 0.379. The van der Waals surface area contributed by atoms with Crippen LogP contribution < -0.4 is 5.32 Å². The predicted molar refractivity (Wildman–Crippen MR) is 71.6 cm³/mol. The number of hydrogen-bond acceptors (Lipinski definition) is 3. The van der Waals surface area contributed by atoms with Crippen LogP contribution in [0.25, 0.3) is 0 Å². The van der Waals surface area contributed by atoms with Gasteiger partial charge < -0.3 is 5.32 Å². The van der Waals surface area contributed by atoms with Gasteiger partial charge in [0.25, 0.3) is 0 Å². The molecular weight excluding hydrogens is 329 g/mol. The summed E-state index contributed by atoms with van der Waals surface area (Å²) in [4.78, 5) is 3.73. The molecule has 0 aliphatic carbocycles. The van der Waals surface area contributed by atoms with Crippen LogP contribution in [0.5, 0.6) is 0 Å². The highest BCUT2D eigenvalue weighted by Crippen LogP contribution is 2.35. The maximum Gasteiger partial charge on any atom is 0.419 e. The Hall–Kier alpha value is -0.870. The monoisotopic (exact) mass is 338 g/mol. The van der Waals surface area contributed by atoms with E-state index >= 15 is 0 Å². The van der Waals surface area contributed by atoms with Crippen molar-refractivity contribution in [1.29, 1.82) is 0 Å². The van der Waals surface area contributed by atoms with Gasteiger partial charge in [-0.3, -0.25) is 0 Å². The average Bonchev–Trinajstić information content (AvgIpc) is 2.29. The van der Waals surface area contributed by atoms with Crippen LogP contribution in [0.4, 0.5) is 19.0 Å². The lowest BCUT2D eigenvalue weighted by molar-refractivity contribution is -0.137. The highest BCUT2D eigenvalue weighted by molar-refractivity contribution is 9.10. The van der Waals surface area contributed by atoms with Crippen LogP contribution in [-0.4, -0.2) is 23.0 Å². The number of aromatic nitrogens is 1. The number of halogens is 4. The van der Waals surface area contributed by atoms with Gasteiger partial charge in [0.2, 0.25) is 0 Å². The van der Waals surface area contributed by atoms with Crippen molar-refractivity contribution in [2.45, 2.75) is 6.18 Å². The number of anilines is 1. The molecule has 1 heterocycles. The van der Waals surface area contributed by atoms with Crippen LogP contribution in [0, 0.1) is 12.3 Å². The van der Waals surface area contributed by atoms with Crippen molar-refractivity contribution in [3.8, 4) is 12.3 Å². The molecule has 0 spiro atoms. The standard InChI is InChI=1S/C11H10BrF3N2S/c1-2-4-18-5-3-16-10-9(11(13,14)15)6-8(12)7-17-10/h1,6-7H,3-5H2,(H,16,17). The molecule has 0 atom stereocenters. The van der Waals surface area contributed by atoms with Gasteiger partial charge in [0.1, 0.15) is 5.82 Å². The summed E-state index contributed by atoms with van der Waals surface area (Å²) in [7, 11) is 0. The van der Waals surface area contributed by atoms with Gasteiger partial charge in [-0.15, -0.1) is 18.2 Å². The first-order valence-corrected chi connectivity index (χ1v) is 6.87. The van der Waals surface area contributed by atoms with Crippen LogP contribution in [0.15, 0.2) is 16.7 Å². The SMILES string of the molecule is C#CCSCCNc1ncc(Br)cc1C(F)(F)F. The lowest BCUT2D eigenvalue weighted by Crippen LogP contribution is -2.14. The second kappa shape index (κ2) is 6.90. The lowest BCUT2D eigenvalue weighted by Gasteiger charge is -2.13. The second-order valence-corrected chi connectivity index (χ2v) is 5.25. The molecule has 1 aromatic rings. The van der Waals surface area contributed by atoms with E-state index in [0.29, 0.717) is 22.5 Å². The molecule has 2 nitrogen and oxygen atoms in total. The Morgan fingerprint density at radius 1 is 1.50 bits per heavy atom. The smallest absolute Gasteiger partial charge is 0.369 e. The van der Waals surface area contributed by atoms with Gasteiger partial charge in [-0.2, -0.15) is 13.2 Å². The van der Waals surface area contributed by atoms with E-state index in [9.17, 15) is 13.2 Å². The number of hydrogen-bond donors (Lipinski definition) is 1. The van der Waals surface area contributed by atoms with Gasteiger partial charge in [-0.05, 0) is 22.0 Å². The van der Waals surface area contributed by atoms with Crippen molar-refractivity contribution >= 4 is 33.5 Å². The van der Waals surface area contributed by atoms with Crippen molar-refractivity contribution in [3.63, 3.8) is 0 Å². The van der Waals surface area contributed by atoms with E-state index in [1.165, 1.54) is 18.0 Å². The zero-order valence-corrected chi connectivity index (χ0v) is 11.6. The molecule has 0 amide bonds. The molecule has 18 heavy (non-hydrogen) atoms. The lowest BCUT2D eigenvalue weighted by atomic mass is 10.2. The summed E-state index contributed by atoms with van der Waals surface area (Å²) >= 11 is 4.45. The van der Waals surface area contributed by atoms with E-state index in [-0.39, 0.29) is 5.82 Å². The van der Waals surface area contributed by atoms with Crippen LogP contribution >= 0.6 is 27.7 Å². The summed E-state index contributed by atoms with van der Waals surface area (Å²) < 4.78 is 38.5. The molecule has 0 aromatic carbocycles. The minimum Gasteiger partial charge on any atom is -0.369 e. The van der Waals surface area contributed by atoms with Crippen molar-refractivity contribution in [2.24, 2.45) is 0 Å². The number of pyridine rings is 1. The molecule has 0 saturated heterocycles. The molecule has 0 saturated carbocycles. The minimum absolute atomic E-state index is 0.160. The predicted octanol–water partition coefficient (Wildman–Crippen LogP) is 3.64.